The van der Waals surface area contributed by atoms with Crippen molar-refractivity contribution in [3.05, 3.63) is 77.4 Å². The van der Waals surface area contributed by atoms with Crippen LogP contribution >= 0.6 is 0 Å². The van der Waals surface area contributed by atoms with Crippen LogP contribution in [0.5, 0.6) is 0 Å². The van der Waals surface area contributed by atoms with E-state index in [1.807, 2.05) is 49.5 Å². The van der Waals surface area contributed by atoms with Gasteiger partial charge in [0.1, 0.15) is 5.82 Å². The summed E-state index contributed by atoms with van der Waals surface area (Å²) < 4.78 is 13.2. The summed E-state index contributed by atoms with van der Waals surface area (Å²) in [5, 5.41) is 0. The minimum atomic E-state index is -0.446. The van der Waals surface area contributed by atoms with Crippen molar-refractivity contribution in [3.8, 4) is 11.1 Å². The number of primary amides is 1. The van der Waals surface area contributed by atoms with Gasteiger partial charge in [0.05, 0.1) is 5.69 Å². The Morgan fingerprint density at radius 2 is 1.87 bits per heavy atom. The van der Waals surface area contributed by atoms with E-state index in [1.54, 1.807) is 12.1 Å². The van der Waals surface area contributed by atoms with E-state index < -0.39 is 5.91 Å². The summed E-state index contributed by atoms with van der Waals surface area (Å²) in [5.74, 6) is 0.267. The fourth-order valence-corrected chi connectivity index (χ4v) is 4.00. The van der Waals surface area contributed by atoms with Gasteiger partial charge in [-0.25, -0.2) is 14.4 Å². The van der Waals surface area contributed by atoms with E-state index in [1.165, 1.54) is 12.1 Å². The maximum absolute atomic E-state index is 13.2. The van der Waals surface area contributed by atoms with E-state index in [0.717, 1.165) is 48.4 Å². The Labute approximate surface area is 181 Å². The van der Waals surface area contributed by atoms with Crippen molar-refractivity contribution in [2.75, 3.05) is 32.1 Å². The first-order valence-corrected chi connectivity index (χ1v) is 10.3. The first kappa shape index (κ1) is 20.9. The van der Waals surface area contributed by atoms with Gasteiger partial charge in [-0.2, -0.15) is 0 Å². The number of rotatable bonds is 6. The lowest BCUT2D eigenvalue weighted by Gasteiger charge is -2.19. The molecule has 1 fully saturated rings. The molecule has 1 aromatic heterocycles. The van der Waals surface area contributed by atoms with Crippen molar-refractivity contribution in [2.24, 2.45) is 5.73 Å². The molecule has 1 amide bonds. The minimum Gasteiger partial charge on any atom is -0.366 e. The molecule has 2 N–H and O–H groups in total. The Kier molecular flexibility index (Phi) is 5.95. The molecule has 4 rings (SSSR count). The third-order valence-electron chi connectivity index (χ3n) is 5.66. The molecular weight excluding hydrogens is 393 g/mol. The van der Waals surface area contributed by atoms with Gasteiger partial charge < -0.3 is 10.6 Å². The van der Waals surface area contributed by atoms with E-state index in [9.17, 15) is 9.18 Å². The van der Waals surface area contributed by atoms with Crippen LogP contribution in [0.15, 0.2) is 54.7 Å². The van der Waals surface area contributed by atoms with Crippen LogP contribution in [0, 0.1) is 5.82 Å². The van der Waals surface area contributed by atoms with Crippen LogP contribution in [-0.2, 0) is 6.54 Å². The lowest BCUT2D eigenvalue weighted by molar-refractivity contribution is 0.100. The lowest BCUT2D eigenvalue weighted by atomic mass is 9.95. The van der Waals surface area contributed by atoms with Crippen LogP contribution in [0.4, 0.5) is 10.3 Å². The van der Waals surface area contributed by atoms with Gasteiger partial charge in [-0.3, -0.25) is 9.69 Å². The molecule has 160 valence electrons. The number of nitrogens with zero attached hydrogens (tertiary/aromatic N) is 4. The van der Waals surface area contributed by atoms with Gasteiger partial charge in [0, 0.05) is 50.4 Å². The van der Waals surface area contributed by atoms with E-state index in [-0.39, 0.29) is 11.7 Å². The van der Waals surface area contributed by atoms with Gasteiger partial charge >= 0.3 is 0 Å². The Morgan fingerprint density at radius 3 is 2.52 bits per heavy atom. The molecule has 1 aliphatic rings. The van der Waals surface area contributed by atoms with Crippen LogP contribution in [0.1, 0.15) is 34.0 Å². The van der Waals surface area contributed by atoms with E-state index in [0.29, 0.717) is 11.5 Å². The van der Waals surface area contributed by atoms with Gasteiger partial charge in [-0.15, -0.1) is 0 Å². The first-order valence-electron chi connectivity index (χ1n) is 10.3. The van der Waals surface area contributed by atoms with Crippen molar-refractivity contribution in [1.29, 1.82) is 0 Å². The second-order valence-corrected chi connectivity index (χ2v) is 8.15. The lowest BCUT2D eigenvalue weighted by Crippen LogP contribution is -2.20. The second kappa shape index (κ2) is 8.81. The van der Waals surface area contributed by atoms with E-state index in [2.05, 4.69) is 9.88 Å². The Hall–Kier alpha value is -3.32. The third-order valence-corrected chi connectivity index (χ3v) is 5.66. The van der Waals surface area contributed by atoms with Crippen LogP contribution in [0.2, 0.25) is 0 Å². The summed E-state index contributed by atoms with van der Waals surface area (Å²) >= 11 is 0. The molecule has 0 radical (unpaired) electrons. The van der Waals surface area contributed by atoms with Crippen molar-refractivity contribution in [1.82, 2.24) is 14.9 Å². The quantitative estimate of drug-likeness (QED) is 0.663. The summed E-state index contributed by atoms with van der Waals surface area (Å²) in [4.78, 5) is 25.1. The molecule has 7 heteroatoms. The van der Waals surface area contributed by atoms with Gasteiger partial charge in [-0.1, -0.05) is 24.3 Å². The predicted molar refractivity (Wildman–Crippen MR) is 119 cm³/mol. The summed E-state index contributed by atoms with van der Waals surface area (Å²) in [5.41, 5.74) is 9.88. The van der Waals surface area contributed by atoms with Crippen LogP contribution in [0.3, 0.4) is 0 Å². The Bertz CT molecular complexity index is 1070. The smallest absolute Gasteiger partial charge is 0.248 e. The molecule has 31 heavy (non-hydrogen) atoms. The minimum absolute atomic E-state index is 0.216. The highest BCUT2D eigenvalue weighted by Crippen LogP contribution is 2.34. The number of aromatic nitrogens is 2. The highest BCUT2D eigenvalue weighted by atomic mass is 19.1. The zero-order valence-electron chi connectivity index (χ0n) is 17.8. The predicted octanol–water partition coefficient (Wildman–Crippen LogP) is 3.44. The maximum Gasteiger partial charge on any atom is 0.248 e. The highest BCUT2D eigenvalue weighted by molar-refractivity contribution is 5.93. The van der Waals surface area contributed by atoms with E-state index in [4.69, 9.17) is 10.7 Å². The molecule has 0 bridgehead atoms. The summed E-state index contributed by atoms with van der Waals surface area (Å²) in [6.45, 7) is 2.60. The average Bonchev–Trinajstić information content (AvgIpc) is 3.23. The molecule has 0 saturated carbocycles. The van der Waals surface area contributed by atoms with Crippen molar-refractivity contribution >= 4 is 11.9 Å². The molecule has 0 unspecified atom stereocenters. The van der Waals surface area contributed by atoms with E-state index >= 15 is 0 Å². The fourth-order valence-electron chi connectivity index (χ4n) is 4.00. The molecule has 1 aliphatic heterocycles. The van der Waals surface area contributed by atoms with Crippen molar-refractivity contribution in [3.63, 3.8) is 0 Å². The molecule has 3 aromatic rings. The van der Waals surface area contributed by atoms with Crippen molar-refractivity contribution in [2.45, 2.75) is 18.9 Å². The highest BCUT2D eigenvalue weighted by Gasteiger charge is 2.28. The number of likely N-dealkylation sites (tertiary alicyclic amines) is 1. The molecule has 0 spiro atoms. The van der Waals surface area contributed by atoms with Crippen LogP contribution in [0.25, 0.3) is 11.1 Å². The molecular formula is C24H26FN5O. The SMILES string of the molecule is CN(C)c1ncc(-c2ccc(C(N)=O)cc2)c([C@H]2CCN(Cc3ccc(F)cc3)C2)n1. The number of hydrogen-bond acceptors (Lipinski definition) is 5. The number of hydrogen-bond donors (Lipinski definition) is 1. The van der Waals surface area contributed by atoms with Gasteiger partial charge in [0.25, 0.3) is 0 Å². The summed E-state index contributed by atoms with van der Waals surface area (Å²) in [6.07, 6.45) is 2.84. The molecule has 1 atom stereocenters. The van der Waals surface area contributed by atoms with Gasteiger partial charge in [-0.05, 0) is 48.4 Å². The Morgan fingerprint density at radius 1 is 1.16 bits per heavy atom. The molecule has 0 aliphatic carbocycles. The largest absolute Gasteiger partial charge is 0.366 e. The fraction of sp³-hybridized carbons (Fsp3) is 0.292. The van der Waals surface area contributed by atoms with Crippen LogP contribution in [-0.4, -0.2) is 48.0 Å². The topological polar surface area (TPSA) is 75.4 Å². The normalized spacial score (nSPS) is 16.4. The zero-order valence-corrected chi connectivity index (χ0v) is 17.8. The summed E-state index contributed by atoms with van der Waals surface area (Å²) in [6, 6.07) is 13.9. The number of halogens is 1. The first-order chi connectivity index (χ1) is 14.9. The third kappa shape index (κ3) is 4.72. The molecule has 2 heterocycles. The monoisotopic (exact) mass is 419 g/mol. The second-order valence-electron chi connectivity index (χ2n) is 8.15. The van der Waals surface area contributed by atoms with Gasteiger partial charge in [0.2, 0.25) is 11.9 Å². The average molecular weight is 420 g/mol. The zero-order chi connectivity index (χ0) is 22.0. The molecule has 1 saturated heterocycles. The molecule has 6 nitrogen and oxygen atoms in total. The van der Waals surface area contributed by atoms with Crippen LogP contribution < -0.4 is 10.6 Å². The summed E-state index contributed by atoms with van der Waals surface area (Å²) in [7, 11) is 3.85. The number of amides is 1. The Balaban J connectivity index is 1.60. The number of benzene rings is 2. The maximum atomic E-state index is 13.2. The molecule has 2 aromatic carbocycles. The van der Waals surface area contributed by atoms with Gasteiger partial charge in [0.15, 0.2) is 0 Å². The van der Waals surface area contributed by atoms with Crippen molar-refractivity contribution < 1.29 is 9.18 Å². The number of anilines is 1. The number of carbonyl (C=O) groups is 1. The number of nitrogens with two attached hydrogens (primary N) is 1. The standard InChI is InChI=1S/C24H26FN5O/c1-29(2)24-27-13-21(17-5-7-18(8-6-17)23(26)31)22(28-24)19-11-12-30(15-19)14-16-3-9-20(25)10-4-16/h3-10,13,19H,11-12,14-15H2,1-2H3,(H2,26,31)/t19-/m0/s1. The number of carbonyl (C=O) groups excluding carboxylic acids is 1.